The number of aryl methyl sites for hydroxylation is 2. The highest BCUT2D eigenvalue weighted by Crippen LogP contribution is 2.28. The summed E-state index contributed by atoms with van der Waals surface area (Å²) < 4.78 is 0. The van der Waals surface area contributed by atoms with Crippen LogP contribution in [0.3, 0.4) is 0 Å². The molecule has 2 aromatic heterocycles. The minimum Gasteiger partial charge on any atom is -0.382 e. The van der Waals surface area contributed by atoms with Crippen molar-refractivity contribution in [3.8, 4) is 0 Å². The number of nitrogens with one attached hydrogen (secondary N) is 1. The normalized spacial score (nSPS) is 12.3. The molecular formula is C24H36N4. The first-order chi connectivity index (χ1) is 13.4. The average Bonchev–Trinajstić information content (AvgIpc) is 3.07. The van der Waals surface area contributed by atoms with Gasteiger partial charge in [0.25, 0.3) is 0 Å². The maximum atomic E-state index is 6.22. The van der Waals surface area contributed by atoms with E-state index < -0.39 is 0 Å². The van der Waals surface area contributed by atoms with E-state index in [9.17, 15) is 0 Å². The Morgan fingerprint density at radius 1 is 0.964 bits per heavy atom. The molecular weight excluding hydrogens is 344 g/mol. The van der Waals surface area contributed by atoms with E-state index in [4.69, 9.17) is 10.7 Å². The first-order valence-corrected chi connectivity index (χ1v) is 10.9. The number of pyridine rings is 1. The van der Waals surface area contributed by atoms with Gasteiger partial charge < -0.3 is 10.7 Å². The zero-order chi connectivity index (χ0) is 20.1. The van der Waals surface area contributed by atoms with Crippen molar-refractivity contribution in [3.63, 3.8) is 0 Å². The van der Waals surface area contributed by atoms with Crippen LogP contribution >= 0.6 is 0 Å². The van der Waals surface area contributed by atoms with Gasteiger partial charge in [0.2, 0.25) is 0 Å². The Balaban J connectivity index is 1.67. The van der Waals surface area contributed by atoms with Gasteiger partial charge in [-0.05, 0) is 42.7 Å². The molecule has 2 heterocycles. The van der Waals surface area contributed by atoms with Crippen molar-refractivity contribution in [2.24, 2.45) is 5.41 Å². The number of anilines is 1. The number of benzene rings is 1. The van der Waals surface area contributed by atoms with E-state index in [0.29, 0.717) is 11.2 Å². The van der Waals surface area contributed by atoms with Gasteiger partial charge in [-0.3, -0.25) is 0 Å². The van der Waals surface area contributed by atoms with Crippen LogP contribution in [0.25, 0.3) is 21.9 Å². The van der Waals surface area contributed by atoms with Crippen LogP contribution in [0.1, 0.15) is 84.0 Å². The molecule has 28 heavy (non-hydrogen) atoms. The third-order valence-electron chi connectivity index (χ3n) is 5.48. The minimum atomic E-state index is 0.456. The Kier molecular flexibility index (Phi) is 6.58. The molecule has 0 amide bonds. The summed E-state index contributed by atoms with van der Waals surface area (Å²) in [5.74, 6) is 1.56. The fourth-order valence-electron chi connectivity index (χ4n) is 3.81. The quantitative estimate of drug-likeness (QED) is 0.412. The summed E-state index contributed by atoms with van der Waals surface area (Å²) in [6.07, 6.45) is 10.8. The third-order valence-corrected chi connectivity index (χ3v) is 5.48. The number of hydrogen-bond donors (Lipinski definition) is 2. The van der Waals surface area contributed by atoms with Gasteiger partial charge in [-0.1, -0.05) is 65.5 Å². The molecule has 0 radical (unpaired) electrons. The summed E-state index contributed by atoms with van der Waals surface area (Å²) >= 11 is 0. The molecule has 152 valence electrons. The number of unbranched alkanes of at least 4 members (excludes halogenated alkanes) is 4. The summed E-state index contributed by atoms with van der Waals surface area (Å²) in [6, 6.07) is 6.60. The average molecular weight is 381 g/mol. The van der Waals surface area contributed by atoms with E-state index in [1.807, 2.05) is 0 Å². The molecule has 3 aromatic rings. The van der Waals surface area contributed by atoms with Crippen LogP contribution < -0.4 is 5.73 Å². The van der Waals surface area contributed by atoms with Gasteiger partial charge in [-0.2, -0.15) is 0 Å². The molecule has 0 saturated carbocycles. The molecule has 0 fully saturated rings. The zero-order valence-corrected chi connectivity index (χ0v) is 18.1. The lowest BCUT2D eigenvalue weighted by Gasteiger charge is -2.17. The summed E-state index contributed by atoms with van der Waals surface area (Å²) in [7, 11) is 0. The zero-order valence-electron chi connectivity index (χ0n) is 18.1. The SMILES string of the molecule is CCCCc1nc2c([nH]1)c(N)nc1cc(CCCCCCC(C)(C)C)ccc12. The Bertz CT molecular complexity index is 918. The predicted octanol–water partition coefficient (Wildman–Crippen LogP) is 6.58. The van der Waals surface area contributed by atoms with Gasteiger partial charge in [-0.15, -0.1) is 0 Å². The van der Waals surface area contributed by atoms with Crippen molar-refractivity contribution >= 4 is 27.8 Å². The molecule has 0 aliphatic carbocycles. The van der Waals surface area contributed by atoms with Crippen molar-refractivity contribution in [2.45, 2.75) is 85.5 Å². The standard InChI is InChI=1S/C24H36N4/c1-5-6-12-20-27-21-18-14-13-17(11-9-7-8-10-15-24(2,3)4)16-19(18)26-23(25)22(21)28-20/h13-14,16H,5-12,15H2,1-4H3,(H2,25,26)(H,27,28). The van der Waals surface area contributed by atoms with Crippen LogP contribution in [0.5, 0.6) is 0 Å². The first kappa shape index (κ1) is 20.6. The summed E-state index contributed by atoms with van der Waals surface area (Å²) in [6.45, 7) is 9.16. The second-order valence-corrected chi connectivity index (χ2v) is 9.33. The smallest absolute Gasteiger partial charge is 0.150 e. The Hall–Kier alpha value is -2.10. The topological polar surface area (TPSA) is 67.6 Å². The number of nitrogen functional groups attached to an aromatic ring is 1. The minimum absolute atomic E-state index is 0.456. The van der Waals surface area contributed by atoms with Gasteiger partial charge in [0.15, 0.2) is 0 Å². The highest BCUT2D eigenvalue weighted by Gasteiger charge is 2.12. The number of nitrogens with two attached hydrogens (primary N) is 1. The molecule has 4 heteroatoms. The van der Waals surface area contributed by atoms with Crippen LogP contribution in [0.15, 0.2) is 18.2 Å². The van der Waals surface area contributed by atoms with Crippen LogP contribution in [0.2, 0.25) is 0 Å². The molecule has 0 saturated heterocycles. The second kappa shape index (κ2) is 8.93. The number of H-pyrrole nitrogens is 1. The van der Waals surface area contributed by atoms with E-state index in [1.165, 1.54) is 37.7 Å². The number of nitrogens with zero attached hydrogens (tertiary/aromatic N) is 2. The lowest BCUT2D eigenvalue weighted by atomic mass is 9.89. The van der Waals surface area contributed by atoms with Gasteiger partial charge in [0, 0.05) is 11.8 Å². The molecule has 3 N–H and O–H groups in total. The lowest BCUT2D eigenvalue weighted by molar-refractivity contribution is 0.357. The van der Waals surface area contributed by atoms with Crippen molar-refractivity contribution in [1.82, 2.24) is 15.0 Å². The maximum Gasteiger partial charge on any atom is 0.150 e. The second-order valence-electron chi connectivity index (χ2n) is 9.33. The van der Waals surface area contributed by atoms with E-state index in [0.717, 1.165) is 53.4 Å². The van der Waals surface area contributed by atoms with Crippen LogP contribution in [-0.4, -0.2) is 15.0 Å². The summed E-state index contributed by atoms with van der Waals surface area (Å²) in [5.41, 5.74) is 10.8. The number of aromatic amines is 1. The number of rotatable bonds is 9. The van der Waals surface area contributed by atoms with E-state index >= 15 is 0 Å². The lowest BCUT2D eigenvalue weighted by Crippen LogP contribution is -2.03. The highest BCUT2D eigenvalue weighted by molar-refractivity contribution is 6.06. The highest BCUT2D eigenvalue weighted by atomic mass is 15.0. The molecule has 0 spiro atoms. The van der Waals surface area contributed by atoms with E-state index in [2.05, 4.69) is 55.9 Å². The fourth-order valence-corrected chi connectivity index (χ4v) is 3.81. The van der Waals surface area contributed by atoms with Gasteiger partial charge >= 0.3 is 0 Å². The summed E-state index contributed by atoms with van der Waals surface area (Å²) in [5, 5.41) is 1.09. The molecule has 0 bridgehead atoms. The van der Waals surface area contributed by atoms with Crippen molar-refractivity contribution < 1.29 is 0 Å². The molecule has 4 nitrogen and oxygen atoms in total. The van der Waals surface area contributed by atoms with Gasteiger partial charge in [0.1, 0.15) is 22.7 Å². The number of aromatic nitrogens is 3. The molecule has 3 rings (SSSR count). The van der Waals surface area contributed by atoms with Crippen LogP contribution in [-0.2, 0) is 12.8 Å². The molecule has 0 unspecified atom stereocenters. The van der Waals surface area contributed by atoms with Crippen LogP contribution in [0, 0.1) is 5.41 Å². The Morgan fingerprint density at radius 2 is 1.75 bits per heavy atom. The maximum absolute atomic E-state index is 6.22. The largest absolute Gasteiger partial charge is 0.382 e. The van der Waals surface area contributed by atoms with Gasteiger partial charge in [-0.25, -0.2) is 9.97 Å². The molecule has 0 atom stereocenters. The number of fused-ring (bicyclic) bond motifs is 3. The Morgan fingerprint density at radius 3 is 2.50 bits per heavy atom. The van der Waals surface area contributed by atoms with Crippen molar-refractivity contribution in [1.29, 1.82) is 0 Å². The van der Waals surface area contributed by atoms with Crippen LogP contribution in [0.4, 0.5) is 5.82 Å². The van der Waals surface area contributed by atoms with Crippen molar-refractivity contribution in [3.05, 3.63) is 29.6 Å². The molecule has 0 aliphatic heterocycles. The predicted molar refractivity (Wildman–Crippen MR) is 121 cm³/mol. The number of imidazole rings is 1. The van der Waals surface area contributed by atoms with Gasteiger partial charge in [0.05, 0.1) is 5.52 Å². The van der Waals surface area contributed by atoms with Crippen molar-refractivity contribution in [2.75, 3.05) is 5.73 Å². The molecule has 0 aliphatic rings. The first-order valence-electron chi connectivity index (χ1n) is 10.9. The monoisotopic (exact) mass is 380 g/mol. The summed E-state index contributed by atoms with van der Waals surface area (Å²) in [4.78, 5) is 12.8. The number of hydrogen-bond acceptors (Lipinski definition) is 3. The van der Waals surface area contributed by atoms with E-state index in [1.54, 1.807) is 0 Å². The third kappa shape index (κ3) is 5.24. The Labute approximate surface area is 169 Å². The fraction of sp³-hybridized carbons (Fsp3) is 0.583. The molecule has 1 aromatic carbocycles. The van der Waals surface area contributed by atoms with E-state index in [-0.39, 0.29) is 0 Å².